The van der Waals surface area contributed by atoms with E-state index in [9.17, 15) is 4.79 Å². The normalized spacial score (nSPS) is 16.9. The van der Waals surface area contributed by atoms with E-state index in [0.717, 1.165) is 54.5 Å². The van der Waals surface area contributed by atoms with Gasteiger partial charge in [0.15, 0.2) is 0 Å². The molecular formula is C27H32N6O. The zero-order valence-corrected chi connectivity index (χ0v) is 19.6. The number of rotatable bonds is 7. The second-order valence-corrected chi connectivity index (χ2v) is 9.88. The Kier molecular flexibility index (Phi) is 5.79. The Morgan fingerprint density at radius 2 is 1.85 bits per heavy atom. The first-order valence-corrected chi connectivity index (χ1v) is 12.6. The largest absolute Gasteiger partial charge is 0.370 e. The Morgan fingerprint density at radius 3 is 2.68 bits per heavy atom. The molecule has 6 rings (SSSR count). The summed E-state index contributed by atoms with van der Waals surface area (Å²) < 4.78 is 3.81. The highest BCUT2D eigenvalue weighted by Crippen LogP contribution is 2.27. The summed E-state index contributed by atoms with van der Waals surface area (Å²) in [4.78, 5) is 24.8. The minimum atomic E-state index is -0.0122. The van der Waals surface area contributed by atoms with Crippen LogP contribution in [0.3, 0.4) is 0 Å². The molecule has 7 nitrogen and oxygen atoms in total. The average Bonchev–Trinajstić information content (AvgIpc) is 3.24. The molecule has 176 valence electrons. The van der Waals surface area contributed by atoms with Crippen LogP contribution in [0.2, 0.25) is 0 Å². The topological polar surface area (TPSA) is 67.5 Å². The van der Waals surface area contributed by atoms with Crippen LogP contribution in [-0.2, 0) is 13.1 Å². The fraction of sp³-hybridized carbons (Fsp3) is 0.444. The molecule has 0 spiro atoms. The third-order valence-corrected chi connectivity index (χ3v) is 7.46. The van der Waals surface area contributed by atoms with Gasteiger partial charge in [0, 0.05) is 49.8 Å². The molecule has 1 saturated heterocycles. The van der Waals surface area contributed by atoms with Gasteiger partial charge < -0.3 is 19.2 Å². The maximum Gasteiger partial charge on any atom is 0.260 e. The van der Waals surface area contributed by atoms with E-state index in [1.54, 1.807) is 10.8 Å². The maximum atomic E-state index is 13.3. The Balaban J connectivity index is 1.22. The third-order valence-electron chi connectivity index (χ3n) is 7.46. The standard InChI is InChI=1S/C27H32N6O/c34-27-24-15-29-16-25(31-10-2-1-3-11-31)23(24)9-12-32(27)18-22-19-33-17-21(7-8-26(33)30-22)14-28-13-20-5-4-6-20/h7-9,12,15-17,19-20,28H,1-6,10-11,13-14,18H2. The number of hydrogen-bond donors (Lipinski definition) is 1. The summed E-state index contributed by atoms with van der Waals surface area (Å²) in [6.45, 7) is 4.48. The lowest BCUT2D eigenvalue weighted by Crippen LogP contribution is -2.30. The Hall–Kier alpha value is -3.19. The van der Waals surface area contributed by atoms with E-state index in [0.29, 0.717) is 11.9 Å². The van der Waals surface area contributed by atoms with Crippen molar-refractivity contribution < 1.29 is 0 Å². The second-order valence-electron chi connectivity index (χ2n) is 9.88. The Bertz CT molecular complexity index is 1360. The molecule has 2 aliphatic rings. The van der Waals surface area contributed by atoms with E-state index >= 15 is 0 Å². The molecule has 5 heterocycles. The van der Waals surface area contributed by atoms with Gasteiger partial charge in [-0.3, -0.25) is 9.78 Å². The SMILES string of the molecule is O=c1c2cncc(N3CCCCC3)c2ccn1Cc1cn2cc(CNCC3CCC3)ccc2n1. The van der Waals surface area contributed by atoms with Crippen molar-refractivity contribution >= 4 is 22.1 Å². The van der Waals surface area contributed by atoms with Crippen LogP contribution in [0.5, 0.6) is 0 Å². The molecule has 1 aliphatic heterocycles. The quantitative estimate of drug-likeness (QED) is 0.456. The Morgan fingerprint density at radius 1 is 0.971 bits per heavy atom. The van der Waals surface area contributed by atoms with Crippen molar-refractivity contribution in [1.82, 2.24) is 24.3 Å². The second kappa shape index (κ2) is 9.22. The summed E-state index contributed by atoms with van der Waals surface area (Å²) in [5.41, 5.74) is 4.09. The van der Waals surface area contributed by atoms with Gasteiger partial charge in [-0.25, -0.2) is 4.98 Å². The third kappa shape index (κ3) is 4.20. The van der Waals surface area contributed by atoms with Crippen molar-refractivity contribution in [2.24, 2.45) is 5.92 Å². The van der Waals surface area contributed by atoms with E-state index < -0.39 is 0 Å². The zero-order chi connectivity index (χ0) is 22.9. The van der Waals surface area contributed by atoms with E-state index in [2.05, 4.69) is 44.0 Å². The molecular weight excluding hydrogens is 424 g/mol. The molecule has 4 aromatic heterocycles. The number of pyridine rings is 3. The molecule has 1 aliphatic carbocycles. The number of aromatic nitrogens is 4. The Labute approximate surface area is 199 Å². The lowest BCUT2D eigenvalue weighted by Gasteiger charge is -2.29. The molecule has 1 N–H and O–H groups in total. The van der Waals surface area contributed by atoms with E-state index in [1.165, 1.54) is 44.1 Å². The number of nitrogens with one attached hydrogen (secondary N) is 1. The number of anilines is 1. The first kappa shape index (κ1) is 21.4. The number of nitrogens with zero attached hydrogens (tertiary/aromatic N) is 5. The minimum Gasteiger partial charge on any atom is -0.370 e. The maximum absolute atomic E-state index is 13.3. The van der Waals surface area contributed by atoms with Crippen LogP contribution in [0.25, 0.3) is 16.4 Å². The smallest absolute Gasteiger partial charge is 0.260 e. The first-order valence-electron chi connectivity index (χ1n) is 12.6. The van der Waals surface area contributed by atoms with Gasteiger partial charge in [0.1, 0.15) is 5.65 Å². The highest BCUT2D eigenvalue weighted by Gasteiger charge is 2.17. The molecule has 2 fully saturated rings. The first-order chi connectivity index (χ1) is 16.7. The van der Waals surface area contributed by atoms with Gasteiger partial charge in [0.25, 0.3) is 5.56 Å². The van der Waals surface area contributed by atoms with Crippen LogP contribution in [0.15, 0.2) is 54.0 Å². The molecule has 0 atom stereocenters. The lowest BCUT2D eigenvalue weighted by atomic mass is 9.85. The predicted octanol–water partition coefficient (Wildman–Crippen LogP) is 3.97. The van der Waals surface area contributed by atoms with E-state index in [-0.39, 0.29) is 5.56 Å². The van der Waals surface area contributed by atoms with Gasteiger partial charge in [-0.05, 0) is 62.3 Å². The van der Waals surface area contributed by atoms with Crippen LogP contribution in [0.1, 0.15) is 49.8 Å². The lowest BCUT2D eigenvalue weighted by molar-refractivity contribution is 0.301. The van der Waals surface area contributed by atoms with Crippen molar-refractivity contribution in [3.63, 3.8) is 0 Å². The molecule has 0 amide bonds. The highest BCUT2D eigenvalue weighted by molar-refractivity contribution is 5.92. The molecule has 1 saturated carbocycles. The number of imidazole rings is 1. The molecule has 0 bridgehead atoms. The number of fused-ring (bicyclic) bond motifs is 2. The van der Waals surface area contributed by atoms with Crippen LogP contribution in [-0.4, -0.2) is 38.6 Å². The summed E-state index contributed by atoms with van der Waals surface area (Å²) >= 11 is 0. The van der Waals surface area contributed by atoms with E-state index in [4.69, 9.17) is 4.98 Å². The van der Waals surface area contributed by atoms with Crippen molar-refractivity contribution in [3.8, 4) is 0 Å². The van der Waals surface area contributed by atoms with Gasteiger partial charge in [0.2, 0.25) is 0 Å². The average molecular weight is 457 g/mol. The van der Waals surface area contributed by atoms with Crippen molar-refractivity contribution in [1.29, 1.82) is 0 Å². The van der Waals surface area contributed by atoms with Crippen molar-refractivity contribution in [2.45, 2.75) is 51.6 Å². The van der Waals surface area contributed by atoms with Crippen LogP contribution >= 0.6 is 0 Å². The highest BCUT2D eigenvalue weighted by atomic mass is 16.1. The molecule has 7 heteroatoms. The summed E-state index contributed by atoms with van der Waals surface area (Å²) in [6.07, 6.45) is 17.4. The number of hydrogen-bond acceptors (Lipinski definition) is 5. The fourth-order valence-corrected chi connectivity index (χ4v) is 5.27. The van der Waals surface area contributed by atoms with Gasteiger partial charge in [-0.1, -0.05) is 12.5 Å². The van der Waals surface area contributed by atoms with Crippen LogP contribution < -0.4 is 15.8 Å². The minimum absolute atomic E-state index is 0.0122. The van der Waals surface area contributed by atoms with Gasteiger partial charge in [0.05, 0.1) is 29.5 Å². The monoisotopic (exact) mass is 456 g/mol. The number of piperidine rings is 1. The molecule has 34 heavy (non-hydrogen) atoms. The molecule has 0 unspecified atom stereocenters. The van der Waals surface area contributed by atoms with Crippen molar-refractivity contribution in [3.05, 3.63) is 70.8 Å². The summed E-state index contributed by atoms with van der Waals surface area (Å²) in [7, 11) is 0. The summed E-state index contributed by atoms with van der Waals surface area (Å²) in [5, 5.41) is 5.25. The van der Waals surface area contributed by atoms with Crippen LogP contribution in [0, 0.1) is 5.92 Å². The molecule has 0 radical (unpaired) electrons. The zero-order valence-electron chi connectivity index (χ0n) is 19.6. The summed E-state index contributed by atoms with van der Waals surface area (Å²) in [6, 6.07) is 6.25. The predicted molar refractivity (Wildman–Crippen MR) is 135 cm³/mol. The molecule has 4 aromatic rings. The van der Waals surface area contributed by atoms with Crippen LogP contribution in [0.4, 0.5) is 5.69 Å². The van der Waals surface area contributed by atoms with Gasteiger partial charge in [-0.15, -0.1) is 0 Å². The van der Waals surface area contributed by atoms with Gasteiger partial charge >= 0.3 is 0 Å². The fourth-order valence-electron chi connectivity index (χ4n) is 5.27. The molecule has 0 aromatic carbocycles. The van der Waals surface area contributed by atoms with E-state index in [1.807, 2.05) is 18.6 Å². The summed E-state index contributed by atoms with van der Waals surface area (Å²) in [5.74, 6) is 0.856. The van der Waals surface area contributed by atoms with Gasteiger partial charge in [-0.2, -0.15) is 0 Å². The van der Waals surface area contributed by atoms with Crippen molar-refractivity contribution in [2.75, 3.05) is 24.5 Å².